The van der Waals surface area contributed by atoms with Crippen LogP contribution in [0.3, 0.4) is 0 Å². The zero-order valence-electron chi connectivity index (χ0n) is 10.3. The second-order valence-corrected chi connectivity index (χ2v) is 6.25. The molecule has 0 radical (unpaired) electrons. The number of carbonyl (C=O) groups is 1. The molecule has 0 fully saturated rings. The van der Waals surface area contributed by atoms with Gasteiger partial charge in [-0.25, -0.2) is 8.42 Å². The van der Waals surface area contributed by atoms with Crippen LogP contribution in [0.15, 0.2) is 24.3 Å². The van der Waals surface area contributed by atoms with Gasteiger partial charge in [-0.05, 0) is 17.7 Å². The number of benzene rings is 1. The number of hydrogen-bond acceptors (Lipinski definition) is 5. The van der Waals surface area contributed by atoms with Crippen LogP contribution >= 0.6 is 0 Å². The zero-order chi connectivity index (χ0) is 13.8. The highest BCUT2D eigenvalue weighted by Gasteiger charge is 2.22. The third-order valence-electron chi connectivity index (χ3n) is 2.43. The van der Waals surface area contributed by atoms with Crippen LogP contribution in [-0.4, -0.2) is 32.4 Å². The monoisotopic (exact) mass is 272 g/mol. The number of methoxy groups -OCH3 is 1. The van der Waals surface area contributed by atoms with E-state index in [9.17, 15) is 13.2 Å². The molecule has 0 heterocycles. The van der Waals surface area contributed by atoms with Gasteiger partial charge in [0, 0.05) is 0 Å². The molecule has 0 saturated carbocycles. The van der Waals surface area contributed by atoms with E-state index in [0.717, 1.165) is 0 Å². The molecule has 1 atom stereocenters. The number of phenols is 1. The summed E-state index contributed by atoms with van der Waals surface area (Å²) in [4.78, 5) is 11.2. The molecule has 0 aliphatic heterocycles. The highest BCUT2D eigenvalue weighted by atomic mass is 32.2. The summed E-state index contributed by atoms with van der Waals surface area (Å²) in [6.45, 7) is 1.51. The number of ether oxygens (including phenoxy) is 1. The molecule has 1 aromatic rings. The second-order valence-electron chi connectivity index (χ2n) is 4.15. The molecule has 0 amide bonds. The first-order valence-electron chi connectivity index (χ1n) is 5.40. The van der Waals surface area contributed by atoms with Crippen molar-refractivity contribution < 1.29 is 23.1 Å². The predicted molar refractivity (Wildman–Crippen MR) is 66.8 cm³/mol. The molecule has 1 unspecified atom stereocenters. The summed E-state index contributed by atoms with van der Waals surface area (Å²) < 4.78 is 28.2. The van der Waals surface area contributed by atoms with E-state index in [1.165, 1.54) is 38.3 Å². The maximum atomic E-state index is 11.8. The Hall–Kier alpha value is -1.56. The van der Waals surface area contributed by atoms with Gasteiger partial charge >= 0.3 is 5.97 Å². The van der Waals surface area contributed by atoms with Crippen molar-refractivity contribution in [2.24, 2.45) is 5.92 Å². The van der Waals surface area contributed by atoms with Crippen molar-refractivity contribution in [1.29, 1.82) is 0 Å². The van der Waals surface area contributed by atoms with E-state index in [1.807, 2.05) is 0 Å². The molecular weight excluding hydrogens is 256 g/mol. The van der Waals surface area contributed by atoms with Crippen LogP contribution in [0.25, 0.3) is 0 Å². The molecule has 100 valence electrons. The lowest BCUT2D eigenvalue weighted by Crippen LogP contribution is -2.23. The minimum atomic E-state index is -3.38. The molecule has 0 saturated heterocycles. The van der Waals surface area contributed by atoms with E-state index in [2.05, 4.69) is 4.74 Å². The number of rotatable bonds is 5. The highest BCUT2D eigenvalue weighted by molar-refractivity contribution is 7.90. The molecule has 1 N–H and O–H groups in total. The third-order valence-corrected chi connectivity index (χ3v) is 4.21. The Labute approximate surface area is 106 Å². The molecule has 5 nitrogen and oxygen atoms in total. The number of phenolic OH excluding ortho intramolecular Hbond substituents is 1. The van der Waals surface area contributed by atoms with Crippen LogP contribution in [0.4, 0.5) is 0 Å². The Kier molecular flexibility index (Phi) is 4.72. The fourth-order valence-corrected chi connectivity index (χ4v) is 3.27. The Morgan fingerprint density at radius 1 is 1.33 bits per heavy atom. The van der Waals surface area contributed by atoms with Gasteiger partial charge in [-0.1, -0.05) is 19.1 Å². The number of aromatic hydroxyl groups is 1. The van der Waals surface area contributed by atoms with Crippen LogP contribution in [0.5, 0.6) is 5.75 Å². The minimum absolute atomic E-state index is 0.0825. The van der Waals surface area contributed by atoms with E-state index in [1.54, 1.807) is 0 Å². The van der Waals surface area contributed by atoms with Gasteiger partial charge in [0.2, 0.25) is 0 Å². The van der Waals surface area contributed by atoms with Crippen LogP contribution in [0.2, 0.25) is 0 Å². The maximum Gasteiger partial charge on any atom is 0.309 e. The number of hydrogen-bond donors (Lipinski definition) is 1. The van der Waals surface area contributed by atoms with Gasteiger partial charge < -0.3 is 9.84 Å². The van der Waals surface area contributed by atoms with Crippen molar-refractivity contribution in [3.05, 3.63) is 29.8 Å². The quantitative estimate of drug-likeness (QED) is 0.812. The minimum Gasteiger partial charge on any atom is -0.508 e. The first kappa shape index (κ1) is 14.5. The Morgan fingerprint density at radius 2 is 1.89 bits per heavy atom. The summed E-state index contributed by atoms with van der Waals surface area (Å²) in [6, 6.07) is 5.93. The molecule has 1 aromatic carbocycles. The average molecular weight is 272 g/mol. The number of sulfone groups is 1. The van der Waals surface area contributed by atoms with Gasteiger partial charge in [-0.3, -0.25) is 4.79 Å². The van der Waals surface area contributed by atoms with Crippen LogP contribution < -0.4 is 0 Å². The lowest BCUT2D eigenvalue weighted by molar-refractivity contribution is -0.144. The van der Waals surface area contributed by atoms with Crippen LogP contribution in [0, 0.1) is 5.92 Å². The summed E-state index contributed by atoms with van der Waals surface area (Å²) in [7, 11) is -2.16. The Morgan fingerprint density at radius 3 is 2.39 bits per heavy atom. The van der Waals surface area contributed by atoms with E-state index >= 15 is 0 Å². The molecule has 6 heteroatoms. The van der Waals surface area contributed by atoms with E-state index < -0.39 is 21.7 Å². The van der Waals surface area contributed by atoms with Crippen LogP contribution in [0.1, 0.15) is 12.5 Å². The smallest absolute Gasteiger partial charge is 0.309 e. The normalized spacial score (nSPS) is 13.0. The van der Waals surface area contributed by atoms with Crippen LogP contribution in [-0.2, 0) is 25.1 Å². The topological polar surface area (TPSA) is 80.7 Å². The molecular formula is C12H16O5S. The van der Waals surface area contributed by atoms with Gasteiger partial charge in [0.05, 0.1) is 24.5 Å². The number of esters is 1. The molecule has 1 rings (SSSR count). The molecule has 18 heavy (non-hydrogen) atoms. The summed E-state index contributed by atoms with van der Waals surface area (Å²) in [6.07, 6.45) is 0. The van der Waals surface area contributed by atoms with Gasteiger partial charge in [-0.15, -0.1) is 0 Å². The van der Waals surface area contributed by atoms with Gasteiger partial charge in [0.15, 0.2) is 9.84 Å². The number of carbonyl (C=O) groups excluding carboxylic acids is 1. The van der Waals surface area contributed by atoms with E-state index in [4.69, 9.17) is 5.11 Å². The summed E-state index contributed by atoms with van der Waals surface area (Å²) in [5.41, 5.74) is 0.574. The van der Waals surface area contributed by atoms with Crippen molar-refractivity contribution in [3.8, 4) is 5.75 Å². The fraction of sp³-hybridized carbons (Fsp3) is 0.417. The summed E-state index contributed by atoms with van der Waals surface area (Å²) >= 11 is 0. The third kappa shape index (κ3) is 4.37. The standard InChI is InChI=1S/C12H16O5S/c1-9(12(14)17-2)7-18(15,16)8-10-3-5-11(13)6-4-10/h3-6,9,13H,7-8H2,1-2H3. The van der Waals surface area contributed by atoms with E-state index in [-0.39, 0.29) is 17.3 Å². The highest BCUT2D eigenvalue weighted by Crippen LogP contribution is 2.14. The van der Waals surface area contributed by atoms with Crippen molar-refractivity contribution in [3.63, 3.8) is 0 Å². The molecule has 0 bridgehead atoms. The SMILES string of the molecule is COC(=O)C(C)CS(=O)(=O)Cc1ccc(O)cc1. The van der Waals surface area contributed by atoms with Gasteiger partial charge in [0.25, 0.3) is 0 Å². The zero-order valence-corrected chi connectivity index (χ0v) is 11.1. The average Bonchev–Trinajstić information content (AvgIpc) is 2.30. The molecule has 0 aromatic heterocycles. The van der Waals surface area contributed by atoms with Crippen molar-refractivity contribution in [1.82, 2.24) is 0 Å². The second kappa shape index (κ2) is 5.86. The van der Waals surface area contributed by atoms with Gasteiger partial charge in [-0.2, -0.15) is 0 Å². The lowest BCUT2D eigenvalue weighted by Gasteiger charge is -2.10. The molecule has 0 spiro atoms. The predicted octanol–water partition coefficient (Wildman–Crippen LogP) is 1.12. The summed E-state index contributed by atoms with van der Waals surface area (Å²) in [5.74, 6) is -1.55. The van der Waals surface area contributed by atoms with Crippen molar-refractivity contribution >= 4 is 15.8 Å². The lowest BCUT2D eigenvalue weighted by atomic mass is 10.2. The van der Waals surface area contributed by atoms with E-state index in [0.29, 0.717) is 5.56 Å². The largest absolute Gasteiger partial charge is 0.508 e. The summed E-state index contributed by atoms with van der Waals surface area (Å²) in [5, 5.41) is 9.09. The molecule has 0 aliphatic rings. The maximum absolute atomic E-state index is 11.8. The Bertz CT molecular complexity index is 504. The first-order chi connectivity index (χ1) is 8.34. The van der Waals surface area contributed by atoms with Crippen molar-refractivity contribution in [2.45, 2.75) is 12.7 Å². The first-order valence-corrected chi connectivity index (χ1v) is 7.22. The molecule has 0 aliphatic carbocycles. The van der Waals surface area contributed by atoms with Crippen molar-refractivity contribution in [2.75, 3.05) is 12.9 Å². The fourth-order valence-electron chi connectivity index (χ4n) is 1.56. The van der Waals surface area contributed by atoms with Gasteiger partial charge in [0.1, 0.15) is 5.75 Å². The Balaban J connectivity index is 2.70.